The molecule has 0 fully saturated rings. The summed E-state index contributed by atoms with van der Waals surface area (Å²) in [6.45, 7) is 0.510. The topological polar surface area (TPSA) is 67.2 Å². The molecule has 15 heavy (non-hydrogen) atoms. The molecule has 0 unspecified atom stereocenters. The van der Waals surface area contributed by atoms with Crippen LogP contribution in [0, 0.1) is 0 Å². The SMILES string of the molecule is NC(=O)NC(=S)NCc1ccc(Cl)cc1. The molecule has 0 heterocycles. The van der Waals surface area contributed by atoms with Crippen molar-refractivity contribution in [3.05, 3.63) is 34.9 Å². The Morgan fingerprint density at radius 2 is 2.00 bits per heavy atom. The van der Waals surface area contributed by atoms with Gasteiger partial charge in [0.15, 0.2) is 5.11 Å². The fraction of sp³-hybridized carbons (Fsp3) is 0.111. The van der Waals surface area contributed by atoms with Crippen LogP contribution in [0.3, 0.4) is 0 Å². The molecule has 0 aliphatic carbocycles. The van der Waals surface area contributed by atoms with Crippen LogP contribution < -0.4 is 16.4 Å². The molecule has 0 saturated carbocycles. The van der Waals surface area contributed by atoms with Crippen molar-refractivity contribution in [1.29, 1.82) is 0 Å². The van der Waals surface area contributed by atoms with E-state index < -0.39 is 6.03 Å². The van der Waals surface area contributed by atoms with Gasteiger partial charge in [-0.1, -0.05) is 23.7 Å². The van der Waals surface area contributed by atoms with E-state index in [0.29, 0.717) is 11.6 Å². The van der Waals surface area contributed by atoms with Gasteiger partial charge in [0.2, 0.25) is 0 Å². The van der Waals surface area contributed by atoms with Gasteiger partial charge in [-0.15, -0.1) is 0 Å². The average molecular weight is 244 g/mol. The highest BCUT2D eigenvalue weighted by Gasteiger charge is 1.98. The summed E-state index contributed by atoms with van der Waals surface area (Å²) < 4.78 is 0. The summed E-state index contributed by atoms with van der Waals surface area (Å²) in [4.78, 5) is 10.4. The molecule has 1 aromatic carbocycles. The first-order valence-corrected chi connectivity index (χ1v) is 4.95. The Bertz CT molecular complexity index is 366. The van der Waals surface area contributed by atoms with E-state index in [9.17, 15) is 4.79 Å². The monoisotopic (exact) mass is 243 g/mol. The molecule has 4 N–H and O–H groups in total. The summed E-state index contributed by atoms with van der Waals surface area (Å²) in [5.41, 5.74) is 5.89. The number of benzene rings is 1. The van der Waals surface area contributed by atoms with Gasteiger partial charge in [-0.05, 0) is 29.9 Å². The Labute approximate surface area is 97.8 Å². The van der Waals surface area contributed by atoms with Crippen LogP contribution in [0.4, 0.5) is 4.79 Å². The van der Waals surface area contributed by atoms with Crippen LogP contribution in [0.15, 0.2) is 24.3 Å². The van der Waals surface area contributed by atoms with Crippen LogP contribution in [0.1, 0.15) is 5.56 Å². The van der Waals surface area contributed by atoms with Crippen LogP contribution in [0.25, 0.3) is 0 Å². The maximum Gasteiger partial charge on any atom is 0.318 e. The summed E-state index contributed by atoms with van der Waals surface area (Å²) in [5.74, 6) is 0. The fourth-order valence-corrected chi connectivity index (χ4v) is 1.24. The third kappa shape index (κ3) is 4.62. The second kappa shape index (κ2) is 5.53. The van der Waals surface area contributed by atoms with Crippen molar-refractivity contribution in [2.75, 3.05) is 0 Å². The van der Waals surface area contributed by atoms with Crippen molar-refractivity contribution in [1.82, 2.24) is 10.6 Å². The number of carbonyl (C=O) groups excluding carboxylic acids is 1. The lowest BCUT2D eigenvalue weighted by Gasteiger charge is -2.07. The molecule has 80 valence electrons. The Kier molecular flexibility index (Phi) is 4.33. The number of carbonyl (C=O) groups is 1. The van der Waals surface area contributed by atoms with E-state index in [-0.39, 0.29) is 5.11 Å². The molecule has 0 aromatic heterocycles. The maximum absolute atomic E-state index is 10.4. The zero-order valence-corrected chi connectivity index (χ0v) is 9.36. The molecule has 0 radical (unpaired) electrons. The molecular weight excluding hydrogens is 234 g/mol. The average Bonchev–Trinajstić information content (AvgIpc) is 2.16. The minimum absolute atomic E-state index is 0.206. The van der Waals surface area contributed by atoms with E-state index in [2.05, 4.69) is 10.6 Å². The molecule has 0 saturated heterocycles. The summed E-state index contributed by atoms with van der Waals surface area (Å²) in [6.07, 6.45) is 0. The summed E-state index contributed by atoms with van der Waals surface area (Å²) in [7, 11) is 0. The van der Waals surface area contributed by atoms with Gasteiger partial charge >= 0.3 is 6.03 Å². The zero-order valence-electron chi connectivity index (χ0n) is 7.79. The first kappa shape index (κ1) is 11.7. The van der Waals surface area contributed by atoms with E-state index in [4.69, 9.17) is 29.6 Å². The van der Waals surface area contributed by atoms with Gasteiger partial charge in [0.1, 0.15) is 0 Å². The Balaban J connectivity index is 2.40. The van der Waals surface area contributed by atoms with E-state index in [1.165, 1.54) is 0 Å². The number of amides is 2. The highest BCUT2D eigenvalue weighted by Crippen LogP contribution is 2.08. The number of hydrogen-bond acceptors (Lipinski definition) is 2. The fourth-order valence-electron chi connectivity index (χ4n) is 0.941. The molecule has 1 rings (SSSR count). The molecule has 6 heteroatoms. The number of rotatable bonds is 2. The third-order valence-corrected chi connectivity index (χ3v) is 2.10. The van der Waals surface area contributed by atoms with Crippen molar-refractivity contribution in [2.45, 2.75) is 6.54 Å². The number of hydrogen-bond donors (Lipinski definition) is 3. The molecule has 0 aliphatic rings. The predicted molar refractivity (Wildman–Crippen MR) is 63.6 cm³/mol. The number of urea groups is 1. The van der Waals surface area contributed by atoms with Crippen molar-refractivity contribution in [3.63, 3.8) is 0 Å². The standard InChI is InChI=1S/C9H10ClN3OS/c10-7-3-1-6(2-4-7)5-12-9(15)13-8(11)14/h1-4H,5H2,(H4,11,12,13,14,15). The number of nitrogens with one attached hydrogen (secondary N) is 2. The van der Waals surface area contributed by atoms with Crippen LogP contribution in [0.5, 0.6) is 0 Å². The number of thiocarbonyl (C=S) groups is 1. The second-order valence-electron chi connectivity index (χ2n) is 2.80. The van der Waals surface area contributed by atoms with Gasteiger partial charge in [0.05, 0.1) is 0 Å². The van der Waals surface area contributed by atoms with E-state index in [1.807, 2.05) is 12.1 Å². The van der Waals surface area contributed by atoms with Crippen molar-refractivity contribution >= 4 is 35.0 Å². The van der Waals surface area contributed by atoms with Crippen molar-refractivity contribution < 1.29 is 4.79 Å². The van der Waals surface area contributed by atoms with Gasteiger partial charge in [0.25, 0.3) is 0 Å². The molecular formula is C9H10ClN3OS. The van der Waals surface area contributed by atoms with Gasteiger partial charge in [-0.2, -0.15) is 0 Å². The minimum atomic E-state index is -0.677. The normalized spacial score (nSPS) is 9.40. The maximum atomic E-state index is 10.4. The largest absolute Gasteiger partial charge is 0.358 e. The highest BCUT2D eigenvalue weighted by atomic mass is 35.5. The van der Waals surface area contributed by atoms with Crippen LogP contribution in [-0.2, 0) is 6.54 Å². The molecule has 2 amide bonds. The minimum Gasteiger partial charge on any atom is -0.358 e. The Morgan fingerprint density at radius 3 is 2.53 bits per heavy atom. The first-order chi connectivity index (χ1) is 7.08. The Hall–Kier alpha value is -1.33. The smallest absolute Gasteiger partial charge is 0.318 e. The summed E-state index contributed by atoms with van der Waals surface area (Å²) in [6, 6.07) is 6.61. The van der Waals surface area contributed by atoms with Crippen LogP contribution >= 0.6 is 23.8 Å². The molecule has 0 aliphatic heterocycles. The number of nitrogens with two attached hydrogens (primary N) is 1. The first-order valence-electron chi connectivity index (χ1n) is 4.16. The lowest BCUT2D eigenvalue weighted by Crippen LogP contribution is -2.41. The molecule has 0 atom stereocenters. The van der Waals surface area contributed by atoms with Crippen molar-refractivity contribution in [2.24, 2.45) is 5.73 Å². The lowest BCUT2D eigenvalue weighted by atomic mass is 10.2. The van der Waals surface area contributed by atoms with E-state index >= 15 is 0 Å². The van der Waals surface area contributed by atoms with E-state index in [1.54, 1.807) is 12.1 Å². The third-order valence-electron chi connectivity index (χ3n) is 1.60. The number of primary amides is 1. The van der Waals surface area contributed by atoms with Gasteiger partial charge in [-0.3, -0.25) is 5.32 Å². The van der Waals surface area contributed by atoms with Crippen LogP contribution in [-0.4, -0.2) is 11.1 Å². The summed E-state index contributed by atoms with van der Waals surface area (Å²) in [5, 5.41) is 5.97. The van der Waals surface area contributed by atoms with Gasteiger partial charge < -0.3 is 11.1 Å². The predicted octanol–water partition coefficient (Wildman–Crippen LogP) is 1.38. The Morgan fingerprint density at radius 1 is 1.40 bits per heavy atom. The molecule has 0 spiro atoms. The number of halogens is 1. The summed E-state index contributed by atoms with van der Waals surface area (Å²) >= 11 is 10.5. The molecule has 4 nitrogen and oxygen atoms in total. The van der Waals surface area contributed by atoms with Gasteiger partial charge in [0, 0.05) is 11.6 Å². The van der Waals surface area contributed by atoms with Crippen molar-refractivity contribution in [3.8, 4) is 0 Å². The lowest BCUT2D eigenvalue weighted by molar-refractivity contribution is 0.253. The van der Waals surface area contributed by atoms with Gasteiger partial charge in [-0.25, -0.2) is 4.79 Å². The quantitative estimate of drug-likeness (QED) is 0.688. The second-order valence-corrected chi connectivity index (χ2v) is 3.64. The molecule has 1 aromatic rings. The van der Waals surface area contributed by atoms with E-state index in [0.717, 1.165) is 5.56 Å². The molecule has 0 bridgehead atoms. The zero-order chi connectivity index (χ0) is 11.3. The highest BCUT2D eigenvalue weighted by molar-refractivity contribution is 7.80. The van der Waals surface area contributed by atoms with Crippen LogP contribution in [0.2, 0.25) is 5.02 Å².